The molecule has 8 nitrogen and oxygen atoms in total. The molecule has 1 saturated heterocycles. The Morgan fingerprint density at radius 3 is 2.61 bits per heavy atom. The molecule has 33 heavy (non-hydrogen) atoms. The second kappa shape index (κ2) is 8.07. The highest BCUT2D eigenvalue weighted by molar-refractivity contribution is 7.91. The SMILES string of the molecule is COc1ccc(/C=C2/Oc3c(cc4c(c3C)OCN([C@H]3CCS(=O)(=O)C3)C4)C2=O)cc1OC. The summed E-state index contributed by atoms with van der Waals surface area (Å²) in [6, 6.07) is 7.12. The van der Waals surface area contributed by atoms with Crippen LogP contribution in [0.1, 0.15) is 33.5 Å². The summed E-state index contributed by atoms with van der Waals surface area (Å²) in [7, 11) is 0.130. The maximum Gasteiger partial charge on any atom is 0.231 e. The van der Waals surface area contributed by atoms with Gasteiger partial charge in [-0.3, -0.25) is 9.69 Å². The van der Waals surface area contributed by atoms with E-state index in [0.29, 0.717) is 48.3 Å². The van der Waals surface area contributed by atoms with E-state index in [0.717, 1.165) is 16.7 Å². The first-order valence-electron chi connectivity index (χ1n) is 10.7. The topological polar surface area (TPSA) is 91.4 Å². The molecule has 0 saturated carbocycles. The maximum atomic E-state index is 13.2. The summed E-state index contributed by atoms with van der Waals surface area (Å²) in [5.41, 5.74) is 2.87. The minimum atomic E-state index is -2.99. The van der Waals surface area contributed by atoms with E-state index >= 15 is 0 Å². The molecular formula is C24H25NO7S. The third-order valence-corrected chi connectivity index (χ3v) is 8.15. The number of carbonyl (C=O) groups is 1. The molecule has 0 spiro atoms. The second-order valence-electron chi connectivity index (χ2n) is 8.50. The zero-order valence-corrected chi connectivity index (χ0v) is 19.5. The average molecular weight is 472 g/mol. The van der Waals surface area contributed by atoms with E-state index in [4.69, 9.17) is 18.9 Å². The van der Waals surface area contributed by atoms with Crippen LogP contribution in [0, 0.1) is 6.92 Å². The Hall–Kier alpha value is -3.04. The molecule has 0 aromatic heterocycles. The van der Waals surface area contributed by atoms with Crippen LogP contribution in [-0.2, 0) is 16.4 Å². The van der Waals surface area contributed by atoms with Gasteiger partial charge in [0.15, 0.2) is 27.1 Å². The lowest BCUT2D eigenvalue weighted by Gasteiger charge is -2.33. The maximum absolute atomic E-state index is 13.2. The fraction of sp³-hybridized carbons (Fsp3) is 0.375. The third kappa shape index (κ3) is 3.85. The summed E-state index contributed by atoms with van der Waals surface area (Å²) < 4.78 is 46.4. The number of hydrogen-bond donors (Lipinski definition) is 0. The van der Waals surface area contributed by atoms with Crippen LogP contribution in [0.15, 0.2) is 30.0 Å². The summed E-state index contributed by atoms with van der Waals surface area (Å²) >= 11 is 0. The van der Waals surface area contributed by atoms with Crippen LogP contribution in [0.5, 0.6) is 23.0 Å². The van der Waals surface area contributed by atoms with Crippen LogP contribution >= 0.6 is 0 Å². The minimum absolute atomic E-state index is 0.0656. The molecule has 0 N–H and O–H groups in total. The number of rotatable bonds is 4. The van der Waals surface area contributed by atoms with Crippen molar-refractivity contribution in [3.8, 4) is 23.0 Å². The molecule has 1 atom stereocenters. The number of ketones is 1. The molecule has 5 rings (SSSR count). The minimum Gasteiger partial charge on any atom is -0.493 e. The predicted octanol–water partition coefficient (Wildman–Crippen LogP) is 2.97. The van der Waals surface area contributed by atoms with Crippen LogP contribution in [0.3, 0.4) is 0 Å². The van der Waals surface area contributed by atoms with Crippen molar-refractivity contribution in [2.24, 2.45) is 0 Å². The third-order valence-electron chi connectivity index (χ3n) is 6.39. The highest BCUT2D eigenvalue weighted by Crippen LogP contribution is 2.44. The Kier molecular flexibility index (Phi) is 5.33. The van der Waals surface area contributed by atoms with Gasteiger partial charge < -0.3 is 18.9 Å². The van der Waals surface area contributed by atoms with Crippen LogP contribution in [0.4, 0.5) is 0 Å². The molecule has 3 heterocycles. The quantitative estimate of drug-likeness (QED) is 0.629. The first-order chi connectivity index (χ1) is 15.8. The van der Waals surface area contributed by atoms with Crippen LogP contribution in [0.2, 0.25) is 0 Å². The average Bonchev–Trinajstić information content (AvgIpc) is 3.33. The van der Waals surface area contributed by atoms with Crippen molar-refractivity contribution in [3.05, 3.63) is 52.3 Å². The highest BCUT2D eigenvalue weighted by Gasteiger charge is 2.37. The van der Waals surface area contributed by atoms with Gasteiger partial charge in [0.1, 0.15) is 18.2 Å². The van der Waals surface area contributed by atoms with Gasteiger partial charge in [-0.1, -0.05) is 6.07 Å². The van der Waals surface area contributed by atoms with E-state index in [-0.39, 0.29) is 29.1 Å². The van der Waals surface area contributed by atoms with Crippen molar-refractivity contribution in [3.63, 3.8) is 0 Å². The van der Waals surface area contributed by atoms with E-state index in [2.05, 4.69) is 0 Å². The van der Waals surface area contributed by atoms with Gasteiger partial charge in [0, 0.05) is 23.7 Å². The van der Waals surface area contributed by atoms with Crippen LogP contribution < -0.4 is 18.9 Å². The largest absolute Gasteiger partial charge is 0.493 e. The van der Waals surface area contributed by atoms with Crippen molar-refractivity contribution in [2.75, 3.05) is 32.5 Å². The molecule has 0 radical (unpaired) electrons. The summed E-state index contributed by atoms with van der Waals surface area (Å²) in [6.07, 6.45) is 2.28. The highest BCUT2D eigenvalue weighted by atomic mass is 32.2. The van der Waals surface area contributed by atoms with Gasteiger partial charge in [0.2, 0.25) is 5.78 Å². The summed E-state index contributed by atoms with van der Waals surface area (Å²) in [4.78, 5) is 15.2. The van der Waals surface area contributed by atoms with Crippen molar-refractivity contribution in [2.45, 2.75) is 25.9 Å². The lowest BCUT2D eigenvalue weighted by molar-refractivity contribution is 0.0637. The Morgan fingerprint density at radius 1 is 1.12 bits per heavy atom. The van der Waals surface area contributed by atoms with Crippen molar-refractivity contribution in [1.29, 1.82) is 0 Å². The molecule has 2 aromatic rings. The first-order valence-corrected chi connectivity index (χ1v) is 12.5. The van der Waals surface area contributed by atoms with Gasteiger partial charge >= 0.3 is 0 Å². The Bertz CT molecular complexity index is 1280. The fourth-order valence-electron chi connectivity index (χ4n) is 4.66. The molecule has 2 aromatic carbocycles. The van der Waals surface area contributed by atoms with E-state index in [9.17, 15) is 13.2 Å². The number of fused-ring (bicyclic) bond motifs is 2. The van der Waals surface area contributed by atoms with E-state index in [1.54, 1.807) is 32.4 Å². The monoisotopic (exact) mass is 471 g/mol. The van der Waals surface area contributed by atoms with Gasteiger partial charge in [-0.05, 0) is 43.2 Å². The molecule has 9 heteroatoms. The number of carbonyl (C=O) groups excluding carboxylic acids is 1. The molecule has 0 unspecified atom stereocenters. The Labute approximate surface area is 192 Å². The molecule has 174 valence electrons. The summed E-state index contributed by atoms with van der Waals surface area (Å²) in [5.74, 6) is 2.74. The molecule has 3 aliphatic heterocycles. The number of nitrogens with zero attached hydrogens (tertiary/aromatic N) is 1. The zero-order chi connectivity index (χ0) is 23.3. The number of hydrogen-bond acceptors (Lipinski definition) is 8. The van der Waals surface area contributed by atoms with Gasteiger partial charge in [-0.15, -0.1) is 0 Å². The lowest BCUT2D eigenvalue weighted by Crippen LogP contribution is -2.41. The van der Waals surface area contributed by atoms with Gasteiger partial charge in [0.25, 0.3) is 0 Å². The first kappa shape index (κ1) is 21.8. The number of sulfone groups is 1. The molecule has 3 aliphatic rings. The second-order valence-corrected chi connectivity index (χ2v) is 10.7. The Balaban J connectivity index is 1.43. The number of allylic oxidation sites excluding steroid dienone is 1. The lowest BCUT2D eigenvalue weighted by atomic mass is 9.99. The fourth-order valence-corrected chi connectivity index (χ4v) is 6.42. The van der Waals surface area contributed by atoms with Crippen LogP contribution in [0.25, 0.3) is 6.08 Å². The molecule has 0 amide bonds. The predicted molar refractivity (Wildman–Crippen MR) is 122 cm³/mol. The van der Waals surface area contributed by atoms with E-state index in [1.165, 1.54) is 0 Å². The smallest absolute Gasteiger partial charge is 0.231 e. The van der Waals surface area contributed by atoms with E-state index < -0.39 is 9.84 Å². The van der Waals surface area contributed by atoms with Gasteiger partial charge in [0.05, 0.1) is 31.3 Å². The standard InChI is InChI=1S/C24H25NO7S/c1-14-23-16(11-25(13-31-23)17-6-7-33(27,28)12-17)10-18-22(26)21(32-24(14)18)9-15-4-5-19(29-2)20(8-15)30-3/h4-5,8-10,17H,6-7,11-13H2,1-3H3/b21-9+/t17-/m0/s1. The van der Waals surface area contributed by atoms with E-state index in [1.807, 2.05) is 24.0 Å². The molecule has 0 aliphatic carbocycles. The Morgan fingerprint density at radius 2 is 1.91 bits per heavy atom. The van der Waals surface area contributed by atoms with Crippen molar-refractivity contribution >= 4 is 21.7 Å². The number of ether oxygens (including phenoxy) is 4. The van der Waals surface area contributed by atoms with Crippen molar-refractivity contribution < 1.29 is 32.2 Å². The van der Waals surface area contributed by atoms with Gasteiger partial charge in [-0.25, -0.2) is 8.42 Å². The van der Waals surface area contributed by atoms with Crippen molar-refractivity contribution in [1.82, 2.24) is 4.90 Å². The molecule has 0 bridgehead atoms. The molecule has 1 fully saturated rings. The van der Waals surface area contributed by atoms with Crippen LogP contribution in [-0.4, -0.2) is 57.6 Å². The summed E-state index contributed by atoms with van der Waals surface area (Å²) in [5, 5.41) is 0. The summed E-state index contributed by atoms with van der Waals surface area (Å²) in [6.45, 7) is 2.72. The zero-order valence-electron chi connectivity index (χ0n) is 18.7. The number of methoxy groups -OCH3 is 2. The molecular weight excluding hydrogens is 446 g/mol. The normalized spacial score (nSPS) is 22.5. The number of Topliss-reactive ketones (excluding diaryl/α,β-unsaturated/α-hetero) is 1. The van der Waals surface area contributed by atoms with Gasteiger partial charge in [-0.2, -0.15) is 0 Å². The number of benzene rings is 2.